The standard InChI is InChI=1S/C21H21N3O4/c1-14(21(27)24-18-10-8-16(13-22)9-11-18)28-20(26)12-19(23-15(2)25)17-6-4-3-5-7-17/h3-11,14,19H,12H2,1-2H3,(H,23,25)(H,24,27)/t14-,19-/m0/s1. The van der Waals surface area contributed by atoms with E-state index < -0.39 is 24.0 Å². The van der Waals surface area contributed by atoms with Crippen LogP contribution in [0.3, 0.4) is 0 Å². The zero-order chi connectivity index (χ0) is 20.5. The number of amides is 2. The van der Waals surface area contributed by atoms with Crippen molar-refractivity contribution in [1.29, 1.82) is 5.26 Å². The molecule has 0 fully saturated rings. The third kappa shape index (κ3) is 6.25. The highest BCUT2D eigenvalue weighted by Crippen LogP contribution is 2.18. The number of carbonyl (C=O) groups excluding carboxylic acids is 3. The molecule has 0 aliphatic heterocycles. The molecule has 0 aliphatic carbocycles. The molecule has 2 amide bonds. The highest BCUT2D eigenvalue weighted by Gasteiger charge is 2.22. The van der Waals surface area contributed by atoms with Crippen molar-refractivity contribution in [2.24, 2.45) is 0 Å². The molecule has 0 heterocycles. The molecule has 0 bridgehead atoms. The number of esters is 1. The predicted octanol–water partition coefficient (Wildman–Crippen LogP) is 2.70. The largest absolute Gasteiger partial charge is 0.452 e. The first kappa shape index (κ1) is 20.6. The van der Waals surface area contributed by atoms with E-state index in [2.05, 4.69) is 10.6 Å². The molecule has 2 aromatic rings. The van der Waals surface area contributed by atoms with Crippen LogP contribution in [0.25, 0.3) is 0 Å². The molecule has 2 aromatic carbocycles. The average molecular weight is 379 g/mol. The molecule has 144 valence electrons. The van der Waals surface area contributed by atoms with E-state index in [1.807, 2.05) is 24.3 Å². The van der Waals surface area contributed by atoms with E-state index in [0.29, 0.717) is 11.3 Å². The maximum absolute atomic E-state index is 12.3. The summed E-state index contributed by atoms with van der Waals surface area (Å²) in [4.78, 5) is 35.9. The average Bonchev–Trinajstić information content (AvgIpc) is 2.68. The Balaban J connectivity index is 1.94. The number of rotatable bonds is 7. The molecule has 2 atom stereocenters. The summed E-state index contributed by atoms with van der Waals surface area (Å²) < 4.78 is 5.21. The van der Waals surface area contributed by atoms with E-state index in [4.69, 9.17) is 10.00 Å². The van der Waals surface area contributed by atoms with Gasteiger partial charge in [-0.3, -0.25) is 14.4 Å². The van der Waals surface area contributed by atoms with Gasteiger partial charge in [-0.25, -0.2) is 0 Å². The Kier molecular flexibility index (Phi) is 7.28. The Bertz CT molecular complexity index is 873. The number of nitrogens with one attached hydrogen (secondary N) is 2. The van der Waals surface area contributed by atoms with E-state index in [-0.39, 0.29) is 12.3 Å². The van der Waals surface area contributed by atoms with Crippen molar-refractivity contribution < 1.29 is 19.1 Å². The summed E-state index contributed by atoms with van der Waals surface area (Å²) in [6.45, 7) is 2.84. The van der Waals surface area contributed by atoms with E-state index >= 15 is 0 Å². The number of hydrogen-bond donors (Lipinski definition) is 2. The van der Waals surface area contributed by atoms with Crippen LogP contribution in [0.4, 0.5) is 5.69 Å². The molecular formula is C21H21N3O4. The van der Waals surface area contributed by atoms with Crippen molar-refractivity contribution in [3.63, 3.8) is 0 Å². The van der Waals surface area contributed by atoms with E-state index in [1.165, 1.54) is 13.8 Å². The molecule has 7 heteroatoms. The van der Waals surface area contributed by atoms with E-state index in [9.17, 15) is 14.4 Å². The third-order valence-corrected chi connectivity index (χ3v) is 3.91. The number of carbonyl (C=O) groups is 3. The molecule has 0 radical (unpaired) electrons. The maximum atomic E-state index is 12.3. The van der Waals surface area contributed by atoms with Gasteiger partial charge in [0, 0.05) is 12.6 Å². The number of benzene rings is 2. The number of nitrogens with zero attached hydrogens (tertiary/aromatic N) is 1. The van der Waals surface area contributed by atoms with Gasteiger partial charge in [0.15, 0.2) is 6.10 Å². The lowest BCUT2D eigenvalue weighted by Crippen LogP contribution is -2.33. The van der Waals surface area contributed by atoms with Gasteiger partial charge in [-0.2, -0.15) is 5.26 Å². The second-order valence-corrected chi connectivity index (χ2v) is 6.18. The van der Waals surface area contributed by atoms with Crippen molar-refractivity contribution in [2.45, 2.75) is 32.4 Å². The summed E-state index contributed by atoms with van der Waals surface area (Å²) in [7, 11) is 0. The third-order valence-electron chi connectivity index (χ3n) is 3.91. The van der Waals surface area contributed by atoms with Crippen LogP contribution < -0.4 is 10.6 Å². The second-order valence-electron chi connectivity index (χ2n) is 6.18. The Labute approximate surface area is 163 Å². The SMILES string of the molecule is CC(=O)N[C@@H](CC(=O)O[C@@H](C)C(=O)Nc1ccc(C#N)cc1)c1ccccc1. The second kappa shape index (κ2) is 9.88. The zero-order valence-corrected chi connectivity index (χ0v) is 15.6. The predicted molar refractivity (Wildman–Crippen MR) is 103 cm³/mol. The van der Waals surface area contributed by atoms with Gasteiger partial charge in [-0.15, -0.1) is 0 Å². The number of hydrogen-bond acceptors (Lipinski definition) is 5. The molecule has 28 heavy (non-hydrogen) atoms. The van der Waals surface area contributed by atoms with Crippen molar-refractivity contribution in [3.05, 3.63) is 65.7 Å². The van der Waals surface area contributed by atoms with Crippen molar-refractivity contribution >= 4 is 23.5 Å². The quantitative estimate of drug-likeness (QED) is 0.719. The molecule has 0 unspecified atom stereocenters. The minimum Gasteiger partial charge on any atom is -0.452 e. The van der Waals surface area contributed by atoms with Crippen LogP contribution in [-0.2, 0) is 19.1 Å². The number of ether oxygens (including phenoxy) is 1. The molecule has 0 aliphatic rings. The van der Waals surface area contributed by atoms with E-state index in [0.717, 1.165) is 5.56 Å². The van der Waals surface area contributed by atoms with Gasteiger partial charge in [0.2, 0.25) is 5.91 Å². The Morgan fingerprint density at radius 1 is 1.07 bits per heavy atom. The topological polar surface area (TPSA) is 108 Å². The zero-order valence-electron chi connectivity index (χ0n) is 15.6. The first-order valence-corrected chi connectivity index (χ1v) is 8.71. The summed E-state index contributed by atoms with van der Waals surface area (Å²) in [5, 5.41) is 14.1. The van der Waals surface area contributed by atoms with Crippen molar-refractivity contribution in [1.82, 2.24) is 5.32 Å². The van der Waals surface area contributed by atoms with Crippen LogP contribution in [0.1, 0.15) is 37.4 Å². The van der Waals surface area contributed by atoms with Gasteiger partial charge in [-0.05, 0) is 36.8 Å². The first-order chi connectivity index (χ1) is 13.4. The fourth-order valence-corrected chi connectivity index (χ4v) is 2.52. The molecule has 0 saturated heterocycles. The van der Waals surface area contributed by atoms with Gasteiger partial charge in [0.25, 0.3) is 5.91 Å². The minimum absolute atomic E-state index is 0.0991. The minimum atomic E-state index is -1.02. The number of nitriles is 1. The van der Waals surface area contributed by atoms with Gasteiger partial charge < -0.3 is 15.4 Å². The number of anilines is 1. The molecule has 7 nitrogen and oxygen atoms in total. The van der Waals surface area contributed by atoms with Gasteiger partial charge in [0.05, 0.1) is 24.1 Å². The molecule has 2 N–H and O–H groups in total. The van der Waals surface area contributed by atoms with Gasteiger partial charge >= 0.3 is 5.97 Å². The lowest BCUT2D eigenvalue weighted by Gasteiger charge is -2.19. The van der Waals surface area contributed by atoms with Gasteiger partial charge in [0.1, 0.15) is 0 Å². The van der Waals surface area contributed by atoms with Crippen molar-refractivity contribution in [2.75, 3.05) is 5.32 Å². The molecule has 2 rings (SSSR count). The van der Waals surface area contributed by atoms with Crippen LogP contribution in [0.15, 0.2) is 54.6 Å². The molecular weight excluding hydrogens is 358 g/mol. The summed E-state index contributed by atoms with van der Waals surface area (Å²) in [6, 6.07) is 16.8. The summed E-state index contributed by atoms with van der Waals surface area (Å²) in [5.41, 5.74) is 1.74. The van der Waals surface area contributed by atoms with Crippen LogP contribution in [-0.4, -0.2) is 23.9 Å². The Morgan fingerprint density at radius 3 is 2.29 bits per heavy atom. The van der Waals surface area contributed by atoms with Gasteiger partial charge in [-0.1, -0.05) is 30.3 Å². The highest BCUT2D eigenvalue weighted by atomic mass is 16.5. The maximum Gasteiger partial charge on any atom is 0.309 e. The van der Waals surface area contributed by atoms with Crippen LogP contribution in [0.5, 0.6) is 0 Å². The lowest BCUT2D eigenvalue weighted by molar-refractivity contribution is -0.153. The molecule has 0 spiro atoms. The first-order valence-electron chi connectivity index (χ1n) is 8.71. The Hall–Kier alpha value is -3.66. The van der Waals surface area contributed by atoms with Crippen molar-refractivity contribution in [3.8, 4) is 6.07 Å². The van der Waals surface area contributed by atoms with Crippen LogP contribution in [0.2, 0.25) is 0 Å². The molecule has 0 saturated carbocycles. The summed E-state index contributed by atoms with van der Waals surface area (Å²) >= 11 is 0. The smallest absolute Gasteiger partial charge is 0.309 e. The van der Waals surface area contributed by atoms with E-state index in [1.54, 1.807) is 36.4 Å². The lowest BCUT2D eigenvalue weighted by atomic mass is 10.0. The Morgan fingerprint density at radius 2 is 1.71 bits per heavy atom. The fourth-order valence-electron chi connectivity index (χ4n) is 2.52. The highest BCUT2D eigenvalue weighted by molar-refractivity contribution is 5.95. The molecule has 0 aromatic heterocycles. The summed E-state index contributed by atoms with van der Waals surface area (Å²) in [6.07, 6.45) is -1.12. The monoisotopic (exact) mass is 379 g/mol. The van der Waals surface area contributed by atoms with Crippen LogP contribution in [0, 0.1) is 11.3 Å². The fraction of sp³-hybridized carbons (Fsp3) is 0.238. The normalized spacial score (nSPS) is 12.2. The summed E-state index contributed by atoms with van der Waals surface area (Å²) in [5.74, 6) is -1.37. The van der Waals surface area contributed by atoms with Crippen LogP contribution >= 0.6 is 0 Å².